The summed E-state index contributed by atoms with van der Waals surface area (Å²) in [7, 11) is -4.95. The first-order valence-electron chi connectivity index (χ1n) is 13.2. The molecule has 2 aromatic rings. The van der Waals surface area contributed by atoms with Crippen LogP contribution in [0.4, 0.5) is 35.1 Å². The van der Waals surface area contributed by atoms with E-state index < -0.39 is 67.9 Å². The molecule has 0 radical (unpaired) electrons. The van der Waals surface area contributed by atoms with Crippen molar-refractivity contribution in [3.63, 3.8) is 0 Å². The highest BCUT2D eigenvalue weighted by molar-refractivity contribution is 7.88. The van der Waals surface area contributed by atoms with E-state index in [2.05, 4.69) is 4.84 Å². The molecule has 45 heavy (non-hydrogen) atoms. The number of ether oxygens (including phenoxy) is 1. The van der Waals surface area contributed by atoms with Crippen LogP contribution >= 0.6 is 11.6 Å². The smallest absolute Gasteiger partial charge is 0.490 e. The molecule has 2 aromatic carbocycles. The van der Waals surface area contributed by atoms with Gasteiger partial charge in [-0.05, 0) is 67.0 Å². The number of benzene rings is 2. The second kappa shape index (κ2) is 12.5. The van der Waals surface area contributed by atoms with Gasteiger partial charge in [0, 0.05) is 30.7 Å². The number of alkyl halides is 7. The Bertz CT molecular complexity index is 1570. The Hall–Kier alpha value is -3.18. The molecule has 18 heteroatoms. The van der Waals surface area contributed by atoms with E-state index in [1.165, 1.54) is 6.07 Å². The van der Waals surface area contributed by atoms with Crippen LogP contribution in [-0.4, -0.2) is 67.5 Å². The molecular weight excluding hydrogens is 668 g/mol. The van der Waals surface area contributed by atoms with Crippen LogP contribution in [0.5, 0.6) is 5.75 Å². The third-order valence-electron chi connectivity index (χ3n) is 7.22. The highest BCUT2D eigenvalue weighted by Crippen LogP contribution is 2.46. The second-order valence-corrected chi connectivity index (χ2v) is 13.1. The average Bonchev–Trinajstić information content (AvgIpc) is 3.75. The number of carbonyl (C=O) groups is 2. The van der Waals surface area contributed by atoms with Gasteiger partial charge in [-0.3, -0.25) is 9.69 Å². The Morgan fingerprint density at radius 3 is 2.22 bits per heavy atom. The second-order valence-electron chi connectivity index (χ2n) is 10.8. The minimum atomic E-state index is -5.67. The first-order chi connectivity index (χ1) is 20.7. The fourth-order valence-corrected chi connectivity index (χ4v) is 5.53. The first-order valence-corrected chi connectivity index (χ1v) is 15.5. The zero-order valence-electron chi connectivity index (χ0n) is 23.3. The summed E-state index contributed by atoms with van der Waals surface area (Å²) in [5.74, 6) is -6.91. The molecule has 1 saturated carbocycles. The van der Waals surface area contributed by atoms with Gasteiger partial charge in [0.1, 0.15) is 23.8 Å². The molecule has 0 unspecified atom stereocenters. The number of rotatable bonds is 8. The standard InChI is InChI=1S/C27H25ClF8N2O6S/c1-45(41,42)38(44-24(40)27(34,35)36)23(39)19-11-18(15-2-3-15)22(12-21(19)29)43-14-25(30)6-8-37(9-7-25)13-16-10-17(28)4-5-20(16)26(31,32)33/h4-5,10-12,15H,2-3,6-9,13-14H2,1H3. The SMILES string of the molecule is CS(=O)(=O)N(OC(=O)C(F)(F)F)C(=O)c1cc(C2CC2)c(OCC2(F)CCN(Cc3cc(Cl)ccc3C(F)(F)F)CC2)cc1F. The molecule has 2 aliphatic rings. The number of amides is 1. The minimum Gasteiger partial charge on any atom is -0.490 e. The van der Waals surface area contributed by atoms with Crippen molar-refractivity contribution in [3.8, 4) is 5.75 Å². The van der Waals surface area contributed by atoms with Crippen molar-refractivity contribution in [2.45, 2.75) is 56.2 Å². The lowest BCUT2D eigenvalue weighted by atomic mass is 9.93. The zero-order valence-corrected chi connectivity index (χ0v) is 24.8. The van der Waals surface area contributed by atoms with Crippen LogP contribution in [-0.2, 0) is 32.4 Å². The van der Waals surface area contributed by atoms with E-state index in [4.69, 9.17) is 16.3 Å². The van der Waals surface area contributed by atoms with Gasteiger partial charge in [0.2, 0.25) is 0 Å². The number of hydrogen-bond donors (Lipinski definition) is 0. The van der Waals surface area contributed by atoms with Crippen LogP contribution < -0.4 is 4.74 Å². The van der Waals surface area contributed by atoms with Crippen molar-refractivity contribution < 1.29 is 62.7 Å². The summed E-state index contributed by atoms with van der Waals surface area (Å²) in [6.07, 6.45) is -9.28. The number of sulfonamides is 1. The third-order valence-corrected chi connectivity index (χ3v) is 8.29. The van der Waals surface area contributed by atoms with E-state index in [9.17, 15) is 44.3 Å². The Morgan fingerprint density at radius 1 is 1.07 bits per heavy atom. The fraction of sp³-hybridized carbons (Fsp3) is 0.481. The van der Waals surface area contributed by atoms with Gasteiger partial charge in [0.15, 0.2) is 0 Å². The van der Waals surface area contributed by atoms with Crippen molar-refractivity contribution in [1.82, 2.24) is 9.37 Å². The Labute approximate surface area is 256 Å². The predicted molar refractivity (Wildman–Crippen MR) is 142 cm³/mol. The van der Waals surface area contributed by atoms with E-state index in [0.29, 0.717) is 18.9 Å². The maximum Gasteiger partial charge on any atom is 0.493 e. The highest BCUT2D eigenvalue weighted by atomic mass is 35.5. The van der Waals surface area contributed by atoms with Crippen molar-refractivity contribution >= 4 is 33.5 Å². The Kier molecular flexibility index (Phi) is 9.67. The lowest BCUT2D eigenvalue weighted by molar-refractivity contribution is -0.216. The summed E-state index contributed by atoms with van der Waals surface area (Å²) in [6.45, 7) is -0.629. The van der Waals surface area contributed by atoms with Crippen molar-refractivity contribution in [1.29, 1.82) is 0 Å². The summed E-state index contributed by atoms with van der Waals surface area (Å²) >= 11 is 5.88. The van der Waals surface area contributed by atoms with Crippen LogP contribution in [0.2, 0.25) is 5.02 Å². The lowest BCUT2D eigenvalue weighted by Crippen LogP contribution is -2.45. The summed E-state index contributed by atoms with van der Waals surface area (Å²) in [4.78, 5) is 29.3. The van der Waals surface area contributed by atoms with Crippen LogP contribution in [0.3, 0.4) is 0 Å². The molecule has 1 aliphatic heterocycles. The number of carbonyl (C=O) groups excluding carboxylic acids is 2. The topological polar surface area (TPSA) is 93.2 Å². The van der Waals surface area contributed by atoms with Crippen LogP contribution in [0.1, 0.15) is 58.6 Å². The van der Waals surface area contributed by atoms with Gasteiger partial charge in [-0.15, -0.1) is 0 Å². The zero-order chi connectivity index (χ0) is 33.5. The van der Waals surface area contributed by atoms with Crippen LogP contribution in [0.15, 0.2) is 30.3 Å². The van der Waals surface area contributed by atoms with Crippen molar-refractivity contribution in [3.05, 3.63) is 63.4 Å². The number of hydroxylamine groups is 1. The lowest BCUT2D eigenvalue weighted by Gasteiger charge is -2.36. The molecule has 1 aliphatic carbocycles. The minimum absolute atomic E-state index is 0.0545. The summed E-state index contributed by atoms with van der Waals surface area (Å²) in [6, 6.07) is 4.70. The molecular formula is C27H25ClF8N2O6S. The predicted octanol–water partition coefficient (Wildman–Crippen LogP) is 6.18. The number of nitrogens with zero attached hydrogens (tertiary/aromatic N) is 2. The molecule has 1 heterocycles. The van der Waals surface area contributed by atoms with Gasteiger partial charge < -0.3 is 9.57 Å². The molecule has 4 rings (SSSR count). The van der Waals surface area contributed by atoms with Crippen molar-refractivity contribution in [2.24, 2.45) is 0 Å². The van der Waals surface area contributed by atoms with Crippen molar-refractivity contribution in [2.75, 3.05) is 26.0 Å². The molecule has 0 N–H and O–H groups in total. The fourth-order valence-electron chi connectivity index (χ4n) is 4.73. The van der Waals surface area contributed by atoms with Gasteiger partial charge >= 0.3 is 24.2 Å². The maximum absolute atomic E-state index is 15.7. The molecule has 0 bridgehead atoms. The van der Waals surface area contributed by atoms with E-state index in [-0.39, 0.29) is 66.5 Å². The maximum atomic E-state index is 15.7. The largest absolute Gasteiger partial charge is 0.493 e. The average molecular weight is 693 g/mol. The molecule has 1 saturated heterocycles. The molecule has 8 nitrogen and oxygen atoms in total. The van der Waals surface area contributed by atoms with Gasteiger partial charge in [-0.1, -0.05) is 16.1 Å². The summed E-state index contributed by atoms with van der Waals surface area (Å²) < 4.78 is 138. The van der Waals surface area contributed by atoms with Gasteiger partial charge in [0.05, 0.1) is 17.4 Å². The number of halogens is 9. The first kappa shape index (κ1) is 34.7. The number of piperidine rings is 1. The molecule has 0 aromatic heterocycles. The van der Waals surface area contributed by atoms with Gasteiger partial charge in [-0.25, -0.2) is 22.0 Å². The van der Waals surface area contributed by atoms with Gasteiger partial charge in [0.25, 0.3) is 10.0 Å². The number of hydrogen-bond acceptors (Lipinski definition) is 7. The third kappa shape index (κ3) is 8.55. The molecule has 0 atom stereocenters. The van der Waals surface area contributed by atoms with E-state index in [0.717, 1.165) is 18.2 Å². The van der Waals surface area contributed by atoms with Crippen LogP contribution in [0, 0.1) is 5.82 Å². The number of likely N-dealkylation sites (tertiary alicyclic amines) is 1. The quantitative estimate of drug-likeness (QED) is 0.241. The summed E-state index contributed by atoms with van der Waals surface area (Å²) in [5.41, 5.74) is -3.78. The van der Waals surface area contributed by atoms with E-state index in [1.807, 2.05) is 0 Å². The summed E-state index contributed by atoms with van der Waals surface area (Å²) in [5, 5.41) is 0.112. The van der Waals surface area contributed by atoms with Crippen LogP contribution in [0.25, 0.3) is 0 Å². The normalized spacial score (nSPS) is 17.6. The van der Waals surface area contributed by atoms with E-state index >= 15 is 8.78 Å². The van der Waals surface area contributed by atoms with E-state index in [1.54, 1.807) is 4.90 Å². The van der Waals surface area contributed by atoms with Gasteiger partial charge in [-0.2, -0.15) is 26.3 Å². The highest BCUT2D eigenvalue weighted by Gasteiger charge is 2.46. The molecule has 1 amide bonds. The molecule has 0 spiro atoms. The Balaban J connectivity index is 1.47. The Morgan fingerprint density at radius 2 is 1.69 bits per heavy atom. The molecule has 2 fully saturated rings. The monoisotopic (exact) mass is 692 g/mol. The molecule has 248 valence electrons.